The van der Waals surface area contributed by atoms with Gasteiger partial charge in [-0.1, -0.05) is 116 Å². The van der Waals surface area contributed by atoms with E-state index < -0.39 is 6.04 Å². The minimum atomic E-state index is -0.396. The predicted octanol–water partition coefficient (Wildman–Crippen LogP) is 7.09. The lowest BCUT2D eigenvalue weighted by molar-refractivity contribution is -0.146. The summed E-state index contributed by atoms with van der Waals surface area (Å²) in [5.74, 6) is -0.182. The van der Waals surface area contributed by atoms with E-state index in [1.807, 2.05) is 18.2 Å². The summed E-state index contributed by atoms with van der Waals surface area (Å²) >= 11 is 0. The minimum Gasteiger partial charge on any atom is -0.465 e. The van der Waals surface area contributed by atoms with E-state index in [-0.39, 0.29) is 18.1 Å². The molecule has 3 rings (SSSR count). The average molecular weight is 499 g/mol. The number of nitrogens with zero attached hydrogens (tertiary/aromatic N) is 1. The molecule has 0 saturated heterocycles. The van der Waals surface area contributed by atoms with Crippen LogP contribution in [-0.4, -0.2) is 29.6 Å². The number of carbonyl (C=O) groups is 1. The highest BCUT2D eigenvalue weighted by Gasteiger charge is 2.22. The Balaban J connectivity index is 1.69. The highest BCUT2D eigenvalue weighted by atomic mass is 16.5. The summed E-state index contributed by atoms with van der Waals surface area (Å²) in [6, 6.07) is 31.2. The first-order chi connectivity index (χ1) is 18.1. The van der Waals surface area contributed by atoms with Crippen molar-refractivity contribution in [2.45, 2.75) is 71.2 Å². The van der Waals surface area contributed by atoms with Crippen molar-refractivity contribution in [3.05, 3.63) is 120 Å². The Morgan fingerprint density at radius 3 is 1.95 bits per heavy atom. The average Bonchev–Trinajstić information content (AvgIpc) is 2.93. The summed E-state index contributed by atoms with van der Waals surface area (Å²) in [6.07, 6.45) is 6.81. The fraction of sp³-hybridized carbons (Fsp3) is 0.364. The van der Waals surface area contributed by atoms with Crippen LogP contribution in [0.15, 0.2) is 103 Å². The third kappa shape index (κ3) is 9.99. The Morgan fingerprint density at radius 2 is 1.41 bits per heavy atom. The van der Waals surface area contributed by atoms with Gasteiger partial charge in [0.05, 0.1) is 6.61 Å². The van der Waals surface area contributed by atoms with E-state index in [2.05, 4.69) is 116 Å². The van der Waals surface area contributed by atoms with Crippen molar-refractivity contribution in [2.75, 3.05) is 6.61 Å². The molecule has 0 aromatic heterocycles. The van der Waals surface area contributed by atoms with Crippen molar-refractivity contribution in [1.29, 1.82) is 0 Å². The van der Waals surface area contributed by atoms with Gasteiger partial charge in [0.15, 0.2) is 0 Å². The number of rotatable bonds is 15. The van der Waals surface area contributed by atoms with Gasteiger partial charge in [0.2, 0.25) is 0 Å². The predicted molar refractivity (Wildman–Crippen MR) is 153 cm³/mol. The molecule has 0 aliphatic carbocycles. The van der Waals surface area contributed by atoms with Crippen LogP contribution in [0.25, 0.3) is 0 Å². The Hall–Kier alpha value is -3.21. The normalized spacial score (nSPS) is 13.9. The van der Waals surface area contributed by atoms with E-state index in [1.165, 1.54) is 11.1 Å². The Labute approximate surface area is 223 Å². The van der Waals surface area contributed by atoms with Crippen LogP contribution in [0.5, 0.6) is 0 Å². The lowest BCUT2D eigenvalue weighted by Gasteiger charge is -2.28. The lowest BCUT2D eigenvalue weighted by Crippen LogP contribution is -2.39. The summed E-state index contributed by atoms with van der Waals surface area (Å²) in [7, 11) is 0. The first-order valence-electron chi connectivity index (χ1n) is 13.5. The lowest BCUT2D eigenvalue weighted by atomic mass is 10.1. The molecule has 196 valence electrons. The van der Waals surface area contributed by atoms with Crippen LogP contribution in [0.1, 0.15) is 62.8 Å². The van der Waals surface area contributed by atoms with Gasteiger partial charge in [0.25, 0.3) is 0 Å². The molecular formula is C33H42N2O2. The van der Waals surface area contributed by atoms with Gasteiger partial charge in [0, 0.05) is 25.2 Å². The summed E-state index contributed by atoms with van der Waals surface area (Å²) in [4.78, 5) is 15.4. The second-order valence-corrected chi connectivity index (χ2v) is 9.65. The number of unbranched alkanes of at least 4 members (excludes halogenated alkanes) is 1. The fourth-order valence-corrected chi connectivity index (χ4v) is 4.30. The molecule has 0 unspecified atom stereocenters. The molecule has 0 saturated carbocycles. The molecule has 4 nitrogen and oxygen atoms in total. The monoisotopic (exact) mass is 498 g/mol. The molecule has 0 radical (unpaired) electrons. The van der Waals surface area contributed by atoms with E-state index in [0.717, 1.165) is 31.5 Å². The first kappa shape index (κ1) is 28.4. The van der Waals surface area contributed by atoms with E-state index in [4.69, 9.17) is 4.74 Å². The molecule has 0 fully saturated rings. The second kappa shape index (κ2) is 15.8. The number of nitrogens with one attached hydrogen (secondary N) is 1. The molecule has 0 spiro atoms. The van der Waals surface area contributed by atoms with Crippen molar-refractivity contribution in [2.24, 2.45) is 0 Å². The SMILES string of the molecule is CCCCOC(=O)[C@@H](C/C=C/[C@H](C)N(Cc1ccccc1)Cc1ccccc1)N[C@@H](C)c1ccccc1. The number of hydrogen-bond donors (Lipinski definition) is 1. The maximum Gasteiger partial charge on any atom is 0.323 e. The summed E-state index contributed by atoms with van der Waals surface area (Å²) < 4.78 is 5.60. The summed E-state index contributed by atoms with van der Waals surface area (Å²) in [5.41, 5.74) is 3.73. The van der Waals surface area contributed by atoms with Crippen molar-refractivity contribution >= 4 is 5.97 Å². The number of benzene rings is 3. The van der Waals surface area contributed by atoms with Crippen LogP contribution in [0, 0.1) is 0 Å². The second-order valence-electron chi connectivity index (χ2n) is 9.65. The van der Waals surface area contributed by atoms with Crippen LogP contribution in [0.2, 0.25) is 0 Å². The van der Waals surface area contributed by atoms with Crippen molar-refractivity contribution < 1.29 is 9.53 Å². The molecule has 0 aliphatic rings. The van der Waals surface area contributed by atoms with Crippen LogP contribution in [0.4, 0.5) is 0 Å². The fourth-order valence-electron chi connectivity index (χ4n) is 4.30. The molecular weight excluding hydrogens is 456 g/mol. The summed E-state index contributed by atoms with van der Waals surface area (Å²) in [5, 5.41) is 3.50. The van der Waals surface area contributed by atoms with Gasteiger partial charge in [-0.15, -0.1) is 0 Å². The van der Waals surface area contributed by atoms with Gasteiger partial charge >= 0.3 is 5.97 Å². The number of carbonyl (C=O) groups excluding carboxylic acids is 1. The first-order valence-corrected chi connectivity index (χ1v) is 13.5. The quantitative estimate of drug-likeness (QED) is 0.138. The van der Waals surface area contributed by atoms with Gasteiger partial charge in [-0.05, 0) is 43.4 Å². The zero-order valence-corrected chi connectivity index (χ0v) is 22.6. The van der Waals surface area contributed by atoms with Crippen molar-refractivity contribution in [3.8, 4) is 0 Å². The Morgan fingerprint density at radius 1 is 0.865 bits per heavy atom. The molecule has 0 heterocycles. The smallest absolute Gasteiger partial charge is 0.323 e. The van der Waals surface area contributed by atoms with E-state index in [0.29, 0.717) is 13.0 Å². The van der Waals surface area contributed by atoms with Crippen LogP contribution < -0.4 is 5.32 Å². The van der Waals surface area contributed by atoms with E-state index >= 15 is 0 Å². The third-order valence-electron chi connectivity index (χ3n) is 6.60. The van der Waals surface area contributed by atoms with Crippen molar-refractivity contribution in [3.63, 3.8) is 0 Å². The Bertz CT molecular complexity index is 1010. The van der Waals surface area contributed by atoms with Crippen LogP contribution >= 0.6 is 0 Å². The van der Waals surface area contributed by atoms with Gasteiger partial charge < -0.3 is 4.74 Å². The number of esters is 1. The van der Waals surface area contributed by atoms with Crippen molar-refractivity contribution in [1.82, 2.24) is 10.2 Å². The topological polar surface area (TPSA) is 41.6 Å². The molecule has 0 bridgehead atoms. The number of ether oxygens (including phenoxy) is 1. The highest BCUT2D eigenvalue weighted by molar-refractivity contribution is 5.76. The van der Waals surface area contributed by atoms with E-state index in [9.17, 15) is 4.79 Å². The third-order valence-corrected chi connectivity index (χ3v) is 6.60. The maximum absolute atomic E-state index is 12.9. The molecule has 1 N–H and O–H groups in total. The maximum atomic E-state index is 12.9. The highest BCUT2D eigenvalue weighted by Crippen LogP contribution is 2.17. The minimum absolute atomic E-state index is 0.0448. The van der Waals surface area contributed by atoms with E-state index in [1.54, 1.807) is 0 Å². The van der Waals surface area contributed by atoms with Gasteiger partial charge in [-0.2, -0.15) is 0 Å². The van der Waals surface area contributed by atoms with Gasteiger partial charge in [-0.25, -0.2) is 0 Å². The van der Waals surface area contributed by atoms with Crippen LogP contribution in [-0.2, 0) is 22.6 Å². The molecule has 3 atom stereocenters. The molecule has 0 amide bonds. The Kier molecular flexibility index (Phi) is 12.1. The van der Waals surface area contributed by atoms with Gasteiger partial charge in [0.1, 0.15) is 6.04 Å². The molecule has 3 aromatic carbocycles. The van der Waals surface area contributed by atoms with Crippen LogP contribution in [0.3, 0.4) is 0 Å². The zero-order valence-electron chi connectivity index (χ0n) is 22.6. The number of hydrogen-bond acceptors (Lipinski definition) is 4. The molecule has 0 aliphatic heterocycles. The molecule has 37 heavy (non-hydrogen) atoms. The largest absolute Gasteiger partial charge is 0.465 e. The molecule has 3 aromatic rings. The zero-order chi connectivity index (χ0) is 26.3. The molecule has 4 heteroatoms. The standard InChI is InChI=1S/C33H42N2O2/c1-4-5-24-37-33(36)32(34-28(3)31-21-13-8-14-22-31)23-15-16-27(2)35(25-29-17-9-6-10-18-29)26-30-19-11-7-12-20-30/h6-22,27-28,32,34H,4-5,23-26H2,1-3H3/b16-15+/t27-,28-,32+/m0/s1. The van der Waals surface area contributed by atoms with Gasteiger partial charge in [-0.3, -0.25) is 15.0 Å². The summed E-state index contributed by atoms with van der Waals surface area (Å²) in [6.45, 7) is 8.59.